The Morgan fingerprint density at radius 3 is 2.76 bits per heavy atom. The molecule has 0 saturated heterocycles. The van der Waals surface area contributed by atoms with Crippen LogP contribution in [0.15, 0.2) is 42.6 Å². The van der Waals surface area contributed by atoms with Gasteiger partial charge in [-0.05, 0) is 36.4 Å². The summed E-state index contributed by atoms with van der Waals surface area (Å²) in [7, 11) is 0. The van der Waals surface area contributed by atoms with E-state index in [4.69, 9.17) is 23.2 Å². The molecule has 0 aliphatic heterocycles. The standard InChI is InChI=1S/C15H10Cl2N2O2/c16-10-6-11(17)14(20)13(7-10)19-15(21)9-1-2-12-8(5-9)3-4-18-12/h1-7,18,20H,(H,19,21). The molecule has 0 fully saturated rings. The van der Waals surface area contributed by atoms with E-state index >= 15 is 0 Å². The summed E-state index contributed by atoms with van der Waals surface area (Å²) in [6.07, 6.45) is 1.80. The first-order chi connectivity index (χ1) is 10.0. The number of aromatic nitrogens is 1. The Kier molecular flexibility index (Phi) is 3.49. The SMILES string of the molecule is O=C(Nc1cc(Cl)cc(Cl)c1O)c1ccc2[nH]ccc2c1. The predicted octanol–water partition coefficient (Wildman–Crippen LogP) is 4.43. The highest BCUT2D eigenvalue weighted by Gasteiger charge is 2.13. The average Bonchev–Trinajstić information content (AvgIpc) is 2.91. The van der Waals surface area contributed by atoms with Crippen LogP contribution in [-0.4, -0.2) is 16.0 Å². The summed E-state index contributed by atoms with van der Waals surface area (Å²) in [5.74, 6) is -0.566. The van der Waals surface area contributed by atoms with Crippen molar-refractivity contribution in [1.29, 1.82) is 0 Å². The number of fused-ring (bicyclic) bond motifs is 1. The third kappa shape index (κ3) is 2.68. The molecule has 2 aromatic carbocycles. The molecule has 3 aromatic rings. The summed E-state index contributed by atoms with van der Waals surface area (Å²) < 4.78 is 0. The molecule has 0 atom stereocenters. The van der Waals surface area contributed by atoms with Crippen LogP contribution in [0.2, 0.25) is 10.0 Å². The minimum Gasteiger partial charge on any atom is -0.504 e. The maximum atomic E-state index is 12.2. The molecule has 3 N–H and O–H groups in total. The smallest absolute Gasteiger partial charge is 0.255 e. The van der Waals surface area contributed by atoms with E-state index in [0.717, 1.165) is 10.9 Å². The summed E-state index contributed by atoms with van der Waals surface area (Å²) >= 11 is 11.7. The van der Waals surface area contributed by atoms with Gasteiger partial charge >= 0.3 is 0 Å². The number of anilines is 1. The normalized spacial score (nSPS) is 10.8. The van der Waals surface area contributed by atoms with Gasteiger partial charge in [0.05, 0.1) is 10.7 Å². The number of H-pyrrole nitrogens is 1. The molecule has 0 radical (unpaired) electrons. The first kappa shape index (κ1) is 13.8. The first-order valence-corrected chi connectivity index (χ1v) is 6.87. The van der Waals surface area contributed by atoms with Crippen molar-refractivity contribution in [2.45, 2.75) is 0 Å². The Balaban J connectivity index is 1.92. The van der Waals surface area contributed by atoms with Crippen molar-refractivity contribution < 1.29 is 9.90 Å². The van der Waals surface area contributed by atoms with Crippen molar-refractivity contribution in [2.24, 2.45) is 0 Å². The summed E-state index contributed by atoms with van der Waals surface area (Å²) in [5.41, 5.74) is 1.59. The Morgan fingerprint density at radius 2 is 1.95 bits per heavy atom. The van der Waals surface area contributed by atoms with Gasteiger partial charge in [-0.2, -0.15) is 0 Å². The van der Waals surface area contributed by atoms with Gasteiger partial charge in [0.15, 0.2) is 5.75 Å². The second-order valence-corrected chi connectivity index (χ2v) is 5.36. The molecular formula is C15H10Cl2N2O2. The molecular weight excluding hydrogens is 311 g/mol. The number of carbonyl (C=O) groups is 1. The fourth-order valence-electron chi connectivity index (χ4n) is 2.05. The lowest BCUT2D eigenvalue weighted by Crippen LogP contribution is -2.11. The molecule has 3 rings (SSSR count). The maximum absolute atomic E-state index is 12.2. The van der Waals surface area contributed by atoms with Crippen molar-refractivity contribution in [2.75, 3.05) is 5.32 Å². The second kappa shape index (κ2) is 5.31. The predicted molar refractivity (Wildman–Crippen MR) is 84.4 cm³/mol. The molecule has 0 spiro atoms. The van der Waals surface area contributed by atoms with Crippen molar-refractivity contribution in [3.63, 3.8) is 0 Å². The number of amides is 1. The van der Waals surface area contributed by atoms with Crippen LogP contribution >= 0.6 is 23.2 Å². The van der Waals surface area contributed by atoms with Gasteiger partial charge in [0, 0.05) is 27.7 Å². The Bertz CT molecular complexity index is 843. The molecule has 0 unspecified atom stereocenters. The van der Waals surface area contributed by atoms with E-state index in [2.05, 4.69) is 10.3 Å². The number of carbonyl (C=O) groups excluding carboxylic acids is 1. The number of benzene rings is 2. The van der Waals surface area contributed by atoms with Crippen molar-refractivity contribution in [3.8, 4) is 5.75 Å². The summed E-state index contributed by atoms with van der Waals surface area (Å²) in [4.78, 5) is 15.3. The molecule has 106 valence electrons. The fourth-order valence-corrected chi connectivity index (χ4v) is 2.54. The maximum Gasteiger partial charge on any atom is 0.255 e. The molecule has 1 heterocycles. The van der Waals surface area contributed by atoms with Gasteiger partial charge in [0.1, 0.15) is 0 Å². The second-order valence-electron chi connectivity index (χ2n) is 4.52. The highest BCUT2D eigenvalue weighted by atomic mass is 35.5. The minimum atomic E-state index is -0.355. The number of phenolic OH excluding ortho intramolecular Hbond substituents is 1. The molecule has 0 aliphatic carbocycles. The van der Waals surface area contributed by atoms with E-state index in [9.17, 15) is 9.90 Å². The largest absolute Gasteiger partial charge is 0.504 e. The van der Waals surface area contributed by atoms with Crippen LogP contribution in [-0.2, 0) is 0 Å². The van der Waals surface area contributed by atoms with Crippen molar-refractivity contribution in [3.05, 3.63) is 58.2 Å². The topological polar surface area (TPSA) is 65.1 Å². The van der Waals surface area contributed by atoms with Crippen LogP contribution in [0.3, 0.4) is 0 Å². The van der Waals surface area contributed by atoms with Gasteiger partial charge in [-0.1, -0.05) is 23.2 Å². The van der Waals surface area contributed by atoms with Gasteiger partial charge in [-0.3, -0.25) is 4.79 Å². The van der Waals surface area contributed by atoms with Crippen LogP contribution in [0.25, 0.3) is 10.9 Å². The first-order valence-electron chi connectivity index (χ1n) is 6.11. The van der Waals surface area contributed by atoms with Gasteiger partial charge in [-0.25, -0.2) is 0 Å². The molecule has 0 aliphatic rings. The zero-order chi connectivity index (χ0) is 15.0. The summed E-state index contributed by atoms with van der Waals surface area (Å²) in [6, 6.07) is 9.98. The number of halogens is 2. The number of nitrogens with one attached hydrogen (secondary N) is 2. The number of rotatable bonds is 2. The van der Waals surface area contributed by atoms with Crippen molar-refractivity contribution >= 4 is 45.7 Å². The monoisotopic (exact) mass is 320 g/mol. The molecule has 21 heavy (non-hydrogen) atoms. The summed E-state index contributed by atoms with van der Waals surface area (Å²) in [6.45, 7) is 0. The molecule has 0 bridgehead atoms. The minimum absolute atomic E-state index is 0.0823. The zero-order valence-corrected chi connectivity index (χ0v) is 12.2. The van der Waals surface area contributed by atoms with Gasteiger partial charge in [-0.15, -0.1) is 0 Å². The van der Waals surface area contributed by atoms with Crippen LogP contribution < -0.4 is 5.32 Å². The highest BCUT2D eigenvalue weighted by Crippen LogP contribution is 2.35. The van der Waals surface area contributed by atoms with E-state index in [1.807, 2.05) is 12.1 Å². The zero-order valence-electron chi connectivity index (χ0n) is 10.7. The summed E-state index contributed by atoms with van der Waals surface area (Å²) in [5, 5.41) is 13.8. The number of aromatic amines is 1. The fraction of sp³-hybridized carbons (Fsp3) is 0. The van der Waals surface area contributed by atoms with E-state index < -0.39 is 0 Å². The van der Waals surface area contributed by atoms with E-state index in [-0.39, 0.29) is 22.4 Å². The Morgan fingerprint density at radius 1 is 1.14 bits per heavy atom. The number of aromatic hydroxyl groups is 1. The van der Waals surface area contributed by atoms with E-state index in [1.54, 1.807) is 18.3 Å². The molecule has 6 heteroatoms. The number of hydrogen-bond acceptors (Lipinski definition) is 2. The lowest BCUT2D eigenvalue weighted by atomic mass is 10.1. The molecule has 1 amide bonds. The average molecular weight is 321 g/mol. The quantitative estimate of drug-likeness (QED) is 0.611. The van der Waals surface area contributed by atoms with Crippen LogP contribution in [0.5, 0.6) is 5.75 Å². The highest BCUT2D eigenvalue weighted by molar-refractivity contribution is 6.36. The van der Waals surface area contributed by atoms with Crippen LogP contribution in [0, 0.1) is 0 Å². The van der Waals surface area contributed by atoms with E-state index in [1.165, 1.54) is 12.1 Å². The van der Waals surface area contributed by atoms with Crippen LogP contribution in [0.4, 0.5) is 5.69 Å². The van der Waals surface area contributed by atoms with E-state index in [0.29, 0.717) is 10.6 Å². The molecule has 0 saturated carbocycles. The third-order valence-electron chi connectivity index (χ3n) is 3.09. The Hall–Kier alpha value is -2.17. The lowest BCUT2D eigenvalue weighted by Gasteiger charge is -2.09. The van der Waals surface area contributed by atoms with Gasteiger partial charge < -0.3 is 15.4 Å². The van der Waals surface area contributed by atoms with Gasteiger partial charge in [0.25, 0.3) is 5.91 Å². The van der Waals surface area contributed by atoms with Crippen molar-refractivity contribution in [1.82, 2.24) is 4.98 Å². The third-order valence-corrected chi connectivity index (χ3v) is 3.60. The molecule has 1 aromatic heterocycles. The number of hydrogen-bond donors (Lipinski definition) is 3. The number of phenols is 1. The van der Waals surface area contributed by atoms with Crippen LogP contribution in [0.1, 0.15) is 10.4 Å². The molecule has 4 nitrogen and oxygen atoms in total. The van der Waals surface area contributed by atoms with Gasteiger partial charge in [0.2, 0.25) is 0 Å². The Labute approximate surface area is 130 Å². The lowest BCUT2D eigenvalue weighted by molar-refractivity contribution is 0.102.